The summed E-state index contributed by atoms with van der Waals surface area (Å²) in [5.41, 5.74) is 3.26. The maximum Gasteiger partial charge on any atom is 0.252 e. The van der Waals surface area contributed by atoms with Crippen molar-refractivity contribution < 1.29 is 9.59 Å². The largest absolute Gasteiger partial charge is 0.340 e. The molecule has 0 radical (unpaired) electrons. The predicted molar refractivity (Wildman–Crippen MR) is 118 cm³/mol. The third kappa shape index (κ3) is 5.33. The molecule has 0 unspecified atom stereocenters. The van der Waals surface area contributed by atoms with Crippen molar-refractivity contribution in [2.24, 2.45) is 0 Å². The zero-order valence-electron chi connectivity index (χ0n) is 18.0. The van der Waals surface area contributed by atoms with Gasteiger partial charge in [0.25, 0.3) is 5.91 Å². The summed E-state index contributed by atoms with van der Waals surface area (Å²) in [7, 11) is 0. The fraction of sp³-hybridized carbons (Fsp3) is 0.440. The molecule has 1 atom stereocenters. The van der Waals surface area contributed by atoms with Crippen LogP contribution in [0.1, 0.15) is 56.5 Å². The Morgan fingerprint density at radius 2 is 1.62 bits per heavy atom. The minimum absolute atomic E-state index is 0.0678. The van der Waals surface area contributed by atoms with Crippen molar-refractivity contribution in [2.45, 2.75) is 58.5 Å². The molecule has 1 fully saturated rings. The molecule has 0 aliphatic carbocycles. The molecule has 2 aromatic rings. The molecule has 3 rings (SSSR count). The van der Waals surface area contributed by atoms with Crippen molar-refractivity contribution in [1.29, 1.82) is 0 Å². The summed E-state index contributed by atoms with van der Waals surface area (Å²) in [5.74, 6) is -0.301. The summed E-state index contributed by atoms with van der Waals surface area (Å²) < 4.78 is 0. The number of hydrogen-bond donors (Lipinski definition) is 1. The summed E-state index contributed by atoms with van der Waals surface area (Å²) in [6.45, 7) is 9.59. The standard InChI is InChI=1S/C25H32N2O2/c1-18-6-5-16-27(18)17-15-20-7-9-21(10-8-20)22-11-13-23(14-12-22)24(29)26-25(3,4)19(2)28/h7-14,18H,5-6,15-17H2,1-4H3,(H,26,29)/t18-/m1/s1. The van der Waals surface area contributed by atoms with Crippen LogP contribution in [0.3, 0.4) is 0 Å². The number of amides is 1. The van der Waals surface area contributed by atoms with Crippen LogP contribution in [-0.2, 0) is 11.2 Å². The highest BCUT2D eigenvalue weighted by molar-refractivity contribution is 5.99. The van der Waals surface area contributed by atoms with Crippen LogP contribution in [0.25, 0.3) is 11.1 Å². The van der Waals surface area contributed by atoms with E-state index < -0.39 is 5.54 Å². The molecule has 1 heterocycles. The number of benzene rings is 2. The zero-order chi connectivity index (χ0) is 21.0. The zero-order valence-corrected chi connectivity index (χ0v) is 18.0. The number of nitrogens with one attached hydrogen (secondary N) is 1. The normalized spacial score (nSPS) is 17.3. The molecule has 0 aromatic heterocycles. The van der Waals surface area contributed by atoms with E-state index in [9.17, 15) is 9.59 Å². The second-order valence-electron chi connectivity index (χ2n) is 8.69. The molecule has 1 N–H and O–H groups in total. The average molecular weight is 393 g/mol. The van der Waals surface area contributed by atoms with E-state index in [1.54, 1.807) is 13.8 Å². The van der Waals surface area contributed by atoms with E-state index in [-0.39, 0.29) is 11.7 Å². The summed E-state index contributed by atoms with van der Waals surface area (Å²) in [6.07, 6.45) is 3.72. The Morgan fingerprint density at radius 1 is 1.03 bits per heavy atom. The first kappa shape index (κ1) is 21.3. The number of Topliss-reactive ketones (excluding diaryl/α,β-unsaturated/α-hetero) is 1. The molecule has 1 aliphatic rings. The molecule has 4 heteroatoms. The van der Waals surface area contributed by atoms with Gasteiger partial charge in [-0.1, -0.05) is 36.4 Å². The van der Waals surface area contributed by atoms with Crippen LogP contribution in [0, 0.1) is 0 Å². The Bertz CT molecular complexity index is 853. The van der Waals surface area contributed by atoms with Crippen LogP contribution in [0.2, 0.25) is 0 Å². The maximum atomic E-state index is 12.4. The Kier molecular flexibility index (Phi) is 6.53. The monoisotopic (exact) mass is 392 g/mol. The number of ketones is 1. The fourth-order valence-corrected chi connectivity index (χ4v) is 3.72. The molecule has 1 amide bonds. The first-order valence-electron chi connectivity index (χ1n) is 10.5. The van der Waals surface area contributed by atoms with E-state index in [1.807, 2.05) is 24.3 Å². The molecule has 0 spiro atoms. The van der Waals surface area contributed by atoms with Gasteiger partial charge < -0.3 is 10.2 Å². The van der Waals surface area contributed by atoms with Gasteiger partial charge in [-0.2, -0.15) is 0 Å². The van der Waals surface area contributed by atoms with E-state index >= 15 is 0 Å². The number of carbonyl (C=O) groups excluding carboxylic acids is 2. The van der Waals surface area contributed by atoms with Crippen LogP contribution in [0.5, 0.6) is 0 Å². The molecule has 1 saturated heterocycles. The van der Waals surface area contributed by atoms with Gasteiger partial charge in [0, 0.05) is 18.2 Å². The van der Waals surface area contributed by atoms with Crippen LogP contribution in [0.15, 0.2) is 48.5 Å². The Labute approximate surface area is 174 Å². The molecule has 4 nitrogen and oxygen atoms in total. The van der Waals surface area contributed by atoms with Crippen molar-refractivity contribution in [3.8, 4) is 11.1 Å². The molecule has 2 aromatic carbocycles. The van der Waals surface area contributed by atoms with E-state index in [0.717, 1.165) is 24.1 Å². The van der Waals surface area contributed by atoms with E-state index in [4.69, 9.17) is 0 Å². The lowest BCUT2D eigenvalue weighted by atomic mass is 9.98. The van der Waals surface area contributed by atoms with E-state index in [2.05, 4.69) is 41.4 Å². The summed E-state index contributed by atoms with van der Waals surface area (Å²) in [6, 6.07) is 16.9. The van der Waals surface area contributed by atoms with Gasteiger partial charge in [-0.15, -0.1) is 0 Å². The minimum atomic E-state index is -0.863. The third-order valence-corrected chi connectivity index (χ3v) is 6.12. The Balaban J connectivity index is 1.61. The average Bonchev–Trinajstić information content (AvgIpc) is 3.11. The van der Waals surface area contributed by atoms with Gasteiger partial charge in [-0.05, 0) is 82.3 Å². The summed E-state index contributed by atoms with van der Waals surface area (Å²) in [4.78, 5) is 26.6. The van der Waals surface area contributed by atoms with Gasteiger partial charge in [0.15, 0.2) is 5.78 Å². The number of carbonyl (C=O) groups is 2. The fourth-order valence-electron chi connectivity index (χ4n) is 3.72. The smallest absolute Gasteiger partial charge is 0.252 e. The van der Waals surface area contributed by atoms with Gasteiger partial charge in [-0.25, -0.2) is 0 Å². The SMILES string of the molecule is CC(=O)C(C)(C)NC(=O)c1ccc(-c2ccc(CCN3CCC[C@H]3C)cc2)cc1. The van der Waals surface area contributed by atoms with Crippen molar-refractivity contribution in [1.82, 2.24) is 10.2 Å². The molecular formula is C25H32N2O2. The lowest BCUT2D eigenvalue weighted by molar-refractivity contribution is -0.121. The first-order valence-corrected chi connectivity index (χ1v) is 10.5. The third-order valence-electron chi connectivity index (χ3n) is 6.12. The van der Waals surface area contributed by atoms with Gasteiger partial charge in [-0.3, -0.25) is 9.59 Å². The molecule has 0 saturated carbocycles. The second kappa shape index (κ2) is 8.91. The number of hydrogen-bond acceptors (Lipinski definition) is 3. The van der Waals surface area contributed by atoms with Crippen LogP contribution in [-0.4, -0.2) is 41.3 Å². The molecule has 0 bridgehead atoms. The first-order chi connectivity index (χ1) is 13.8. The van der Waals surface area contributed by atoms with Crippen LogP contribution in [0.4, 0.5) is 0 Å². The second-order valence-corrected chi connectivity index (χ2v) is 8.69. The quantitative estimate of drug-likeness (QED) is 0.756. The number of nitrogens with zero attached hydrogens (tertiary/aromatic N) is 1. The molecule has 154 valence electrons. The van der Waals surface area contributed by atoms with Crippen molar-refractivity contribution in [3.05, 3.63) is 59.7 Å². The van der Waals surface area contributed by atoms with E-state index in [1.165, 1.54) is 31.9 Å². The van der Waals surface area contributed by atoms with Crippen LogP contribution < -0.4 is 5.32 Å². The van der Waals surface area contributed by atoms with Gasteiger partial charge in [0.05, 0.1) is 5.54 Å². The predicted octanol–water partition coefficient (Wildman–Crippen LogP) is 4.48. The number of rotatable bonds is 7. The molecule has 1 aliphatic heterocycles. The lowest BCUT2D eigenvalue weighted by Crippen LogP contribution is -2.48. The maximum absolute atomic E-state index is 12.4. The lowest BCUT2D eigenvalue weighted by Gasteiger charge is -2.23. The van der Waals surface area contributed by atoms with Crippen molar-refractivity contribution >= 4 is 11.7 Å². The summed E-state index contributed by atoms with van der Waals surface area (Å²) >= 11 is 0. The minimum Gasteiger partial charge on any atom is -0.340 e. The Morgan fingerprint density at radius 3 is 2.14 bits per heavy atom. The highest BCUT2D eigenvalue weighted by Gasteiger charge is 2.26. The highest BCUT2D eigenvalue weighted by Crippen LogP contribution is 2.22. The summed E-state index contributed by atoms with van der Waals surface area (Å²) in [5, 5.41) is 2.79. The van der Waals surface area contributed by atoms with E-state index in [0.29, 0.717) is 11.6 Å². The van der Waals surface area contributed by atoms with Crippen molar-refractivity contribution in [3.63, 3.8) is 0 Å². The van der Waals surface area contributed by atoms with Crippen LogP contribution >= 0.6 is 0 Å². The van der Waals surface area contributed by atoms with Crippen molar-refractivity contribution in [2.75, 3.05) is 13.1 Å². The topological polar surface area (TPSA) is 49.4 Å². The highest BCUT2D eigenvalue weighted by atomic mass is 16.2. The molecule has 29 heavy (non-hydrogen) atoms. The van der Waals surface area contributed by atoms with Gasteiger partial charge in [0.1, 0.15) is 0 Å². The van der Waals surface area contributed by atoms with Gasteiger partial charge in [0.2, 0.25) is 0 Å². The molecular weight excluding hydrogens is 360 g/mol. The Hall–Kier alpha value is -2.46. The van der Waals surface area contributed by atoms with Gasteiger partial charge >= 0.3 is 0 Å². The number of likely N-dealkylation sites (tertiary alicyclic amines) is 1.